The van der Waals surface area contributed by atoms with Crippen molar-refractivity contribution in [2.24, 2.45) is 0 Å². The number of aryl methyl sites for hydroxylation is 1. The monoisotopic (exact) mass is 251 g/mol. The van der Waals surface area contributed by atoms with Crippen LogP contribution in [0.3, 0.4) is 0 Å². The number of rotatable bonds is 8. The van der Waals surface area contributed by atoms with Crippen LogP contribution in [-0.4, -0.2) is 40.3 Å². The van der Waals surface area contributed by atoms with Gasteiger partial charge in [-0.2, -0.15) is 5.10 Å². The highest BCUT2D eigenvalue weighted by molar-refractivity contribution is 5.71. The van der Waals surface area contributed by atoms with Gasteiger partial charge in [-0.3, -0.25) is 14.4 Å². The molecule has 0 spiro atoms. The molecule has 0 fully saturated rings. The molecule has 0 aliphatic carbocycles. The van der Waals surface area contributed by atoms with Gasteiger partial charge in [0.1, 0.15) is 0 Å². The Labute approximate surface area is 108 Å². The van der Waals surface area contributed by atoms with Crippen LogP contribution in [0.25, 0.3) is 0 Å². The minimum absolute atomic E-state index is 0.206. The summed E-state index contributed by atoms with van der Waals surface area (Å²) in [7, 11) is 0. The van der Waals surface area contributed by atoms with Gasteiger partial charge in [-0.1, -0.05) is 6.08 Å². The fourth-order valence-corrected chi connectivity index (χ4v) is 1.68. The van der Waals surface area contributed by atoms with Crippen molar-refractivity contribution in [1.29, 1.82) is 0 Å². The largest absolute Gasteiger partial charge is 0.465 e. The molecule has 0 saturated heterocycles. The number of esters is 1. The van der Waals surface area contributed by atoms with Gasteiger partial charge in [0.2, 0.25) is 0 Å². The maximum absolute atomic E-state index is 11.5. The van der Waals surface area contributed by atoms with E-state index in [-0.39, 0.29) is 12.5 Å². The Morgan fingerprint density at radius 1 is 1.61 bits per heavy atom. The molecule has 18 heavy (non-hydrogen) atoms. The van der Waals surface area contributed by atoms with Crippen molar-refractivity contribution in [2.75, 3.05) is 19.7 Å². The van der Waals surface area contributed by atoms with Crippen molar-refractivity contribution in [2.45, 2.75) is 26.9 Å². The lowest BCUT2D eigenvalue weighted by atomic mass is 10.3. The van der Waals surface area contributed by atoms with E-state index in [1.165, 1.54) is 0 Å². The predicted octanol–water partition coefficient (Wildman–Crippen LogP) is 1.45. The van der Waals surface area contributed by atoms with Crippen molar-refractivity contribution in [3.05, 3.63) is 30.6 Å². The average molecular weight is 251 g/mol. The summed E-state index contributed by atoms with van der Waals surface area (Å²) in [5.41, 5.74) is 1.09. The van der Waals surface area contributed by atoms with Crippen molar-refractivity contribution in [1.82, 2.24) is 14.7 Å². The molecule has 1 aromatic heterocycles. The van der Waals surface area contributed by atoms with Crippen molar-refractivity contribution < 1.29 is 9.53 Å². The van der Waals surface area contributed by atoms with E-state index < -0.39 is 0 Å². The van der Waals surface area contributed by atoms with E-state index in [9.17, 15) is 4.79 Å². The molecule has 0 N–H and O–H groups in total. The third-order valence-electron chi connectivity index (χ3n) is 2.46. The van der Waals surface area contributed by atoms with Crippen molar-refractivity contribution in [3.8, 4) is 0 Å². The smallest absolute Gasteiger partial charge is 0.320 e. The van der Waals surface area contributed by atoms with E-state index in [2.05, 4.69) is 11.7 Å². The van der Waals surface area contributed by atoms with Crippen LogP contribution in [0.1, 0.15) is 19.4 Å². The highest BCUT2D eigenvalue weighted by atomic mass is 16.5. The van der Waals surface area contributed by atoms with E-state index in [1.54, 1.807) is 13.0 Å². The van der Waals surface area contributed by atoms with Crippen LogP contribution >= 0.6 is 0 Å². The van der Waals surface area contributed by atoms with E-state index in [1.807, 2.05) is 28.9 Å². The van der Waals surface area contributed by atoms with Crippen molar-refractivity contribution in [3.63, 3.8) is 0 Å². The molecule has 0 radical (unpaired) electrons. The maximum atomic E-state index is 11.5. The lowest BCUT2D eigenvalue weighted by Gasteiger charge is -2.18. The Hall–Kier alpha value is -1.62. The quantitative estimate of drug-likeness (QED) is 0.518. The summed E-state index contributed by atoms with van der Waals surface area (Å²) < 4.78 is 6.81. The molecule has 100 valence electrons. The Morgan fingerprint density at radius 3 is 2.94 bits per heavy atom. The minimum atomic E-state index is -0.206. The number of nitrogens with zero attached hydrogens (tertiary/aromatic N) is 3. The third kappa shape index (κ3) is 4.71. The maximum Gasteiger partial charge on any atom is 0.320 e. The second-order valence-electron chi connectivity index (χ2n) is 3.97. The van der Waals surface area contributed by atoms with Crippen LogP contribution in [0, 0.1) is 0 Å². The SMILES string of the molecule is C=CCN(CC(=O)OCC)Cc1cnn(CC)c1. The molecule has 1 heterocycles. The molecule has 0 amide bonds. The second kappa shape index (κ2) is 7.66. The second-order valence-corrected chi connectivity index (χ2v) is 3.97. The molecule has 0 aromatic carbocycles. The van der Waals surface area contributed by atoms with E-state index in [4.69, 9.17) is 4.74 Å². The summed E-state index contributed by atoms with van der Waals surface area (Å²) in [5.74, 6) is -0.206. The lowest BCUT2D eigenvalue weighted by molar-refractivity contribution is -0.144. The van der Waals surface area contributed by atoms with Crippen LogP contribution in [0.5, 0.6) is 0 Å². The summed E-state index contributed by atoms with van der Waals surface area (Å²) >= 11 is 0. The van der Waals surface area contributed by atoms with E-state index in [0.29, 0.717) is 19.7 Å². The van der Waals surface area contributed by atoms with Gasteiger partial charge in [0.15, 0.2) is 0 Å². The molecule has 1 aromatic rings. The molecular weight excluding hydrogens is 230 g/mol. The Balaban J connectivity index is 2.56. The minimum Gasteiger partial charge on any atom is -0.465 e. The van der Waals surface area contributed by atoms with Crippen LogP contribution in [-0.2, 0) is 22.6 Å². The third-order valence-corrected chi connectivity index (χ3v) is 2.46. The molecule has 0 aliphatic rings. The molecule has 0 unspecified atom stereocenters. The number of hydrogen-bond donors (Lipinski definition) is 0. The first kappa shape index (κ1) is 14.4. The van der Waals surface area contributed by atoms with E-state index in [0.717, 1.165) is 12.1 Å². The van der Waals surface area contributed by atoms with Crippen LogP contribution in [0.2, 0.25) is 0 Å². The van der Waals surface area contributed by atoms with Gasteiger partial charge in [-0.25, -0.2) is 0 Å². The number of aromatic nitrogens is 2. The van der Waals surface area contributed by atoms with Crippen molar-refractivity contribution >= 4 is 5.97 Å². The normalized spacial score (nSPS) is 10.6. The number of carbonyl (C=O) groups is 1. The molecule has 1 rings (SSSR count). The van der Waals surface area contributed by atoms with Gasteiger partial charge in [-0.05, 0) is 13.8 Å². The Bertz CT molecular complexity index is 387. The van der Waals surface area contributed by atoms with Gasteiger partial charge < -0.3 is 4.74 Å². The van der Waals surface area contributed by atoms with Crippen LogP contribution in [0.15, 0.2) is 25.0 Å². The average Bonchev–Trinajstić information content (AvgIpc) is 2.77. The van der Waals surface area contributed by atoms with Crippen LogP contribution in [0.4, 0.5) is 0 Å². The van der Waals surface area contributed by atoms with Gasteiger partial charge in [0.05, 0.1) is 19.3 Å². The summed E-state index contributed by atoms with van der Waals surface area (Å²) in [6.07, 6.45) is 5.59. The van der Waals surface area contributed by atoms with Gasteiger partial charge in [0.25, 0.3) is 0 Å². The first-order valence-electron chi connectivity index (χ1n) is 6.19. The zero-order chi connectivity index (χ0) is 13.4. The fourth-order valence-electron chi connectivity index (χ4n) is 1.68. The molecule has 0 atom stereocenters. The number of ether oxygens (including phenoxy) is 1. The zero-order valence-electron chi connectivity index (χ0n) is 11.1. The predicted molar refractivity (Wildman–Crippen MR) is 70.0 cm³/mol. The highest BCUT2D eigenvalue weighted by Gasteiger charge is 2.11. The van der Waals surface area contributed by atoms with Gasteiger partial charge in [-0.15, -0.1) is 6.58 Å². The molecule has 5 nitrogen and oxygen atoms in total. The molecule has 0 aliphatic heterocycles. The first-order chi connectivity index (χ1) is 8.69. The Kier molecular flexibility index (Phi) is 6.14. The van der Waals surface area contributed by atoms with Crippen LogP contribution < -0.4 is 0 Å². The molecule has 0 saturated carbocycles. The molecule has 5 heteroatoms. The van der Waals surface area contributed by atoms with Gasteiger partial charge >= 0.3 is 5.97 Å². The van der Waals surface area contributed by atoms with Gasteiger partial charge in [0, 0.05) is 31.4 Å². The zero-order valence-corrected chi connectivity index (χ0v) is 11.1. The molecular formula is C13H21N3O2. The highest BCUT2D eigenvalue weighted by Crippen LogP contribution is 2.04. The summed E-state index contributed by atoms with van der Waals surface area (Å²) in [6, 6.07) is 0. The topological polar surface area (TPSA) is 47.4 Å². The Morgan fingerprint density at radius 2 is 2.39 bits per heavy atom. The lowest BCUT2D eigenvalue weighted by Crippen LogP contribution is -2.30. The summed E-state index contributed by atoms with van der Waals surface area (Å²) in [4.78, 5) is 13.4. The standard InChI is InChI=1S/C13H21N3O2/c1-4-7-15(11-13(17)18-6-3)9-12-8-14-16(5-2)10-12/h4,8,10H,1,5-7,9,11H2,2-3H3. The summed E-state index contributed by atoms with van der Waals surface area (Å²) in [6.45, 7) is 10.4. The first-order valence-corrected chi connectivity index (χ1v) is 6.19. The number of hydrogen-bond acceptors (Lipinski definition) is 4. The van der Waals surface area contributed by atoms with E-state index >= 15 is 0 Å². The number of carbonyl (C=O) groups excluding carboxylic acids is 1. The summed E-state index contributed by atoms with van der Waals surface area (Å²) in [5, 5.41) is 4.21. The molecule has 0 bridgehead atoms. The fraction of sp³-hybridized carbons (Fsp3) is 0.538.